The van der Waals surface area contributed by atoms with Gasteiger partial charge in [-0.3, -0.25) is 0 Å². The topological polar surface area (TPSA) is 63.8 Å². The van der Waals surface area contributed by atoms with Gasteiger partial charge in [0, 0.05) is 14.6 Å². The molecular formula is C14H10ClIN4. The minimum absolute atomic E-state index is 0.646. The quantitative estimate of drug-likeness (QED) is 0.503. The summed E-state index contributed by atoms with van der Waals surface area (Å²) >= 11 is 8.44. The van der Waals surface area contributed by atoms with Crippen LogP contribution in [0.15, 0.2) is 42.7 Å². The van der Waals surface area contributed by atoms with E-state index in [1.807, 2.05) is 36.4 Å². The molecular weight excluding hydrogens is 387 g/mol. The predicted molar refractivity (Wildman–Crippen MR) is 91.4 cm³/mol. The molecule has 6 heteroatoms. The van der Waals surface area contributed by atoms with Gasteiger partial charge in [0.1, 0.15) is 12.1 Å². The second kappa shape index (κ2) is 5.41. The maximum Gasteiger partial charge on any atom is 0.141 e. The zero-order valence-corrected chi connectivity index (χ0v) is 13.2. The molecule has 100 valence electrons. The highest BCUT2D eigenvalue weighted by atomic mass is 127. The number of nitrogens with one attached hydrogen (secondary N) is 1. The Balaban J connectivity index is 2.08. The second-order valence-corrected chi connectivity index (χ2v) is 5.90. The van der Waals surface area contributed by atoms with Crippen molar-refractivity contribution >= 4 is 62.3 Å². The van der Waals surface area contributed by atoms with Crippen LogP contribution in [-0.4, -0.2) is 9.97 Å². The van der Waals surface area contributed by atoms with Gasteiger partial charge in [-0.1, -0.05) is 11.6 Å². The predicted octanol–water partition coefficient (Wildman–Crippen LogP) is 4.21. The molecule has 1 heterocycles. The zero-order chi connectivity index (χ0) is 14.1. The first-order chi connectivity index (χ1) is 9.63. The summed E-state index contributed by atoms with van der Waals surface area (Å²) < 4.78 is 1.08. The number of nitrogens with two attached hydrogens (primary N) is 1. The monoisotopic (exact) mass is 396 g/mol. The lowest BCUT2D eigenvalue weighted by Gasteiger charge is -2.10. The Hall–Kier alpha value is -1.60. The molecule has 0 aliphatic rings. The molecule has 0 fully saturated rings. The van der Waals surface area contributed by atoms with Gasteiger partial charge in [0.25, 0.3) is 0 Å². The zero-order valence-electron chi connectivity index (χ0n) is 10.3. The highest BCUT2D eigenvalue weighted by Gasteiger charge is 2.07. The van der Waals surface area contributed by atoms with Gasteiger partial charge in [-0.05, 0) is 59.0 Å². The number of aromatic nitrogens is 2. The van der Waals surface area contributed by atoms with Crippen LogP contribution in [0, 0.1) is 3.57 Å². The summed E-state index contributed by atoms with van der Waals surface area (Å²) in [5.41, 5.74) is 8.13. The number of nitrogens with zero attached hydrogens (tertiary/aromatic N) is 2. The molecule has 2 aromatic carbocycles. The van der Waals surface area contributed by atoms with Crippen LogP contribution in [0.3, 0.4) is 0 Å². The minimum atomic E-state index is 0.646. The number of nitrogen functional groups attached to an aromatic ring is 1. The molecule has 4 nitrogen and oxygen atoms in total. The number of hydrogen-bond acceptors (Lipinski definition) is 4. The van der Waals surface area contributed by atoms with E-state index in [1.165, 1.54) is 6.33 Å². The third-order valence-corrected chi connectivity index (χ3v) is 3.83. The van der Waals surface area contributed by atoms with Crippen LogP contribution >= 0.6 is 34.2 Å². The summed E-state index contributed by atoms with van der Waals surface area (Å²) in [4.78, 5) is 8.49. The van der Waals surface area contributed by atoms with Crippen molar-refractivity contribution in [1.82, 2.24) is 9.97 Å². The highest BCUT2D eigenvalue weighted by Crippen LogP contribution is 2.29. The smallest absolute Gasteiger partial charge is 0.141 e. The Morgan fingerprint density at radius 1 is 1.10 bits per heavy atom. The molecule has 3 aromatic rings. The Morgan fingerprint density at radius 2 is 1.95 bits per heavy atom. The van der Waals surface area contributed by atoms with Crippen LogP contribution in [0.25, 0.3) is 10.9 Å². The molecule has 0 atom stereocenters. The third kappa shape index (κ3) is 2.64. The largest absolute Gasteiger partial charge is 0.399 e. The number of halogens is 2. The van der Waals surface area contributed by atoms with Crippen molar-refractivity contribution in [2.24, 2.45) is 0 Å². The Kier molecular flexibility index (Phi) is 3.62. The highest BCUT2D eigenvalue weighted by molar-refractivity contribution is 14.1. The van der Waals surface area contributed by atoms with Crippen molar-refractivity contribution in [3.05, 3.63) is 51.3 Å². The lowest BCUT2D eigenvalue weighted by Crippen LogP contribution is -1.97. The first kappa shape index (κ1) is 13.4. The Morgan fingerprint density at radius 3 is 2.75 bits per heavy atom. The van der Waals surface area contributed by atoms with Crippen molar-refractivity contribution in [2.45, 2.75) is 0 Å². The van der Waals surface area contributed by atoms with E-state index >= 15 is 0 Å². The van der Waals surface area contributed by atoms with Crippen molar-refractivity contribution in [3.63, 3.8) is 0 Å². The fraction of sp³-hybridized carbons (Fsp3) is 0. The molecule has 0 radical (unpaired) electrons. The molecule has 1 aromatic heterocycles. The van der Waals surface area contributed by atoms with Crippen LogP contribution in [0.1, 0.15) is 0 Å². The van der Waals surface area contributed by atoms with Gasteiger partial charge in [0.15, 0.2) is 0 Å². The van der Waals surface area contributed by atoms with Crippen LogP contribution in [0.2, 0.25) is 5.02 Å². The standard InChI is InChI=1S/C14H10ClIN4/c15-11-5-8(16)1-3-13(11)20-14-10-6-9(17)2-4-12(10)18-7-19-14/h1-7H,17H2,(H,18,19,20). The number of hydrogen-bond donors (Lipinski definition) is 2. The number of rotatable bonds is 2. The maximum atomic E-state index is 6.23. The molecule has 0 saturated carbocycles. The minimum Gasteiger partial charge on any atom is -0.399 e. The summed E-state index contributed by atoms with van der Waals surface area (Å²) in [6, 6.07) is 11.3. The van der Waals surface area contributed by atoms with Crippen molar-refractivity contribution in [1.29, 1.82) is 0 Å². The van der Waals surface area contributed by atoms with E-state index in [9.17, 15) is 0 Å². The lowest BCUT2D eigenvalue weighted by molar-refractivity contribution is 1.22. The van der Waals surface area contributed by atoms with E-state index in [1.54, 1.807) is 0 Å². The average molecular weight is 397 g/mol. The van der Waals surface area contributed by atoms with Gasteiger partial charge >= 0.3 is 0 Å². The second-order valence-electron chi connectivity index (χ2n) is 4.25. The first-order valence-electron chi connectivity index (χ1n) is 5.86. The molecule has 0 bridgehead atoms. The van der Waals surface area contributed by atoms with Gasteiger partial charge in [-0.15, -0.1) is 0 Å². The summed E-state index contributed by atoms with van der Waals surface area (Å²) in [6.07, 6.45) is 1.52. The van der Waals surface area contributed by atoms with Crippen LogP contribution in [0.5, 0.6) is 0 Å². The Bertz CT molecular complexity index is 791. The van der Waals surface area contributed by atoms with Crippen molar-refractivity contribution in [3.8, 4) is 0 Å². The van der Waals surface area contributed by atoms with Crippen LogP contribution in [0.4, 0.5) is 17.2 Å². The van der Waals surface area contributed by atoms with Gasteiger partial charge in [0.2, 0.25) is 0 Å². The van der Waals surface area contributed by atoms with Gasteiger partial charge in [-0.2, -0.15) is 0 Å². The van der Waals surface area contributed by atoms with E-state index < -0.39 is 0 Å². The third-order valence-electron chi connectivity index (χ3n) is 2.84. The van der Waals surface area contributed by atoms with E-state index in [2.05, 4.69) is 37.9 Å². The van der Waals surface area contributed by atoms with Crippen molar-refractivity contribution < 1.29 is 0 Å². The fourth-order valence-corrected chi connectivity index (χ4v) is 2.80. The summed E-state index contributed by atoms with van der Waals surface area (Å²) in [5, 5.41) is 4.74. The molecule has 0 aliphatic carbocycles. The van der Waals surface area contributed by atoms with Gasteiger partial charge < -0.3 is 11.1 Å². The molecule has 0 aliphatic heterocycles. The molecule has 0 unspecified atom stereocenters. The molecule has 20 heavy (non-hydrogen) atoms. The molecule has 3 N–H and O–H groups in total. The van der Waals surface area contributed by atoms with E-state index in [0.29, 0.717) is 16.5 Å². The summed E-state index contributed by atoms with van der Waals surface area (Å²) in [5.74, 6) is 0.686. The SMILES string of the molecule is Nc1ccc2ncnc(Nc3ccc(I)cc3Cl)c2c1. The summed E-state index contributed by atoms with van der Waals surface area (Å²) in [7, 11) is 0. The fourth-order valence-electron chi connectivity index (χ4n) is 1.89. The molecule has 0 saturated heterocycles. The van der Waals surface area contributed by atoms with Crippen LogP contribution in [-0.2, 0) is 0 Å². The number of anilines is 3. The van der Waals surface area contributed by atoms with E-state index in [0.717, 1.165) is 20.2 Å². The van der Waals surface area contributed by atoms with Gasteiger partial charge in [-0.25, -0.2) is 9.97 Å². The Labute approximate surface area is 134 Å². The summed E-state index contributed by atoms with van der Waals surface area (Å²) in [6.45, 7) is 0. The lowest BCUT2D eigenvalue weighted by atomic mass is 10.2. The van der Waals surface area contributed by atoms with Crippen molar-refractivity contribution in [2.75, 3.05) is 11.1 Å². The number of fused-ring (bicyclic) bond motifs is 1. The van der Waals surface area contributed by atoms with E-state index in [4.69, 9.17) is 17.3 Å². The first-order valence-corrected chi connectivity index (χ1v) is 7.31. The molecule has 0 spiro atoms. The number of benzene rings is 2. The average Bonchev–Trinajstić information content (AvgIpc) is 2.42. The van der Waals surface area contributed by atoms with Gasteiger partial charge in [0.05, 0.1) is 16.2 Å². The maximum absolute atomic E-state index is 6.23. The van der Waals surface area contributed by atoms with Crippen LogP contribution < -0.4 is 11.1 Å². The van der Waals surface area contributed by atoms with E-state index in [-0.39, 0.29) is 0 Å². The normalized spacial score (nSPS) is 10.7. The molecule has 0 amide bonds. The molecule has 3 rings (SSSR count).